The van der Waals surface area contributed by atoms with Gasteiger partial charge in [0.05, 0.1) is 6.04 Å². The lowest BCUT2D eigenvalue weighted by atomic mass is 10.2. The molecule has 0 spiro atoms. The maximum Gasteiger partial charge on any atom is 0.124 e. The zero-order valence-electron chi connectivity index (χ0n) is 5.71. The number of hydrogen-bond acceptors (Lipinski definition) is 3. The van der Waals surface area contributed by atoms with E-state index < -0.39 is 0 Å². The molecule has 1 aliphatic rings. The lowest BCUT2D eigenvalue weighted by Gasteiger charge is -2.02. The van der Waals surface area contributed by atoms with Crippen molar-refractivity contribution in [3.63, 3.8) is 0 Å². The van der Waals surface area contributed by atoms with Crippen molar-refractivity contribution in [1.29, 1.82) is 0 Å². The van der Waals surface area contributed by atoms with Gasteiger partial charge in [0, 0.05) is 6.07 Å². The van der Waals surface area contributed by atoms with Gasteiger partial charge in [-0.3, -0.25) is 0 Å². The van der Waals surface area contributed by atoms with E-state index in [9.17, 15) is 0 Å². The van der Waals surface area contributed by atoms with E-state index in [0.717, 1.165) is 12.2 Å². The first-order chi connectivity index (χ1) is 4.97. The fourth-order valence-corrected chi connectivity index (χ4v) is 1.34. The molecule has 0 amide bonds. The molecule has 1 unspecified atom stereocenters. The first-order valence-corrected chi connectivity index (χ1v) is 3.60. The van der Waals surface area contributed by atoms with E-state index in [0.29, 0.717) is 6.04 Å². The summed E-state index contributed by atoms with van der Waals surface area (Å²) < 4.78 is 4.74. The van der Waals surface area contributed by atoms with E-state index in [-0.39, 0.29) is 0 Å². The Labute approximate surface area is 59.4 Å². The van der Waals surface area contributed by atoms with E-state index in [4.69, 9.17) is 4.52 Å². The molecular formula is C7H10N2O. The van der Waals surface area contributed by atoms with Crippen molar-refractivity contribution in [2.75, 3.05) is 6.54 Å². The Bertz CT molecular complexity index is 189. The van der Waals surface area contributed by atoms with Gasteiger partial charge in [0.2, 0.25) is 0 Å². The zero-order chi connectivity index (χ0) is 6.81. The van der Waals surface area contributed by atoms with Gasteiger partial charge < -0.3 is 9.84 Å². The van der Waals surface area contributed by atoms with Gasteiger partial charge in [0.1, 0.15) is 12.0 Å². The average molecular weight is 138 g/mol. The first kappa shape index (κ1) is 5.92. The van der Waals surface area contributed by atoms with Crippen molar-refractivity contribution < 1.29 is 4.52 Å². The highest BCUT2D eigenvalue weighted by Crippen LogP contribution is 2.20. The fraction of sp³-hybridized carbons (Fsp3) is 0.571. The molecule has 1 saturated heterocycles. The number of hydrogen-bond donors (Lipinski definition) is 1. The van der Waals surface area contributed by atoms with Crippen LogP contribution in [0, 0.1) is 0 Å². The van der Waals surface area contributed by atoms with Crippen LogP contribution < -0.4 is 5.32 Å². The second-order valence-electron chi connectivity index (χ2n) is 2.57. The number of rotatable bonds is 1. The molecule has 3 nitrogen and oxygen atoms in total. The molecule has 0 saturated carbocycles. The molecule has 0 aromatic carbocycles. The Morgan fingerprint density at radius 1 is 1.70 bits per heavy atom. The number of nitrogens with zero attached hydrogens (tertiary/aromatic N) is 1. The van der Waals surface area contributed by atoms with Gasteiger partial charge >= 0.3 is 0 Å². The van der Waals surface area contributed by atoms with Crippen molar-refractivity contribution in [2.24, 2.45) is 0 Å². The van der Waals surface area contributed by atoms with Crippen molar-refractivity contribution in [2.45, 2.75) is 18.9 Å². The number of nitrogens with one attached hydrogen (secondary N) is 1. The minimum Gasteiger partial charge on any atom is -0.364 e. The summed E-state index contributed by atoms with van der Waals surface area (Å²) in [6, 6.07) is 2.36. The van der Waals surface area contributed by atoms with Crippen molar-refractivity contribution in [3.8, 4) is 0 Å². The Kier molecular flexibility index (Phi) is 1.43. The quantitative estimate of drug-likeness (QED) is 0.631. The summed E-state index contributed by atoms with van der Waals surface area (Å²) >= 11 is 0. The Morgan fingerprint density at radius 2 is 2.70 bits per heavy atom. The predicted molar refractivity (Wildman–Crippen MR) is 36.5 cm³/mol. The third kappa shape index (κ3) is 0.926. The molecule has 0 bridgehead atoms. The minimum atomic E-state index is 0.443. The van der Waals surface area contributed by atoms with Crippen LogP contribution in [0.15, 0.2) is 16.9 Å². The molecule has 10 heavy (non-hydrogen) atoms. The van der Waals surface area contributed by atoms with Crippen LogP contribution in [0.2, 0.25) is 0 Å². The molecule has 0 aliphatic carbocycles. The molecule has 1 fully saturated rings. The van der Waals surface area contributed by atoms with Gasteiger partial charge in [-0.25, -0.2) is 0 Å². The minimum absolute atomic E-state index is 0.443. The fourth-order valence-electron chi connectivity index (χ4n) is 1.34. The molecular weight excluding hydrogens is 128 g/mol. The van der Waals surface area contributed by atoms with Gasteiger partial charge in [-0.2, -0.15) is 0 Å². The topological polar surface area (TPSA) is 38.1 Å². The van der Waals surface area contributed by atoms with Crippen LogP contribution in [-0.4, -0.2) is 11.7 Å². The van der Waals surface area contributed by atoms with Crippen molar-refractivity contribution >= 4 is 0 Å². The van der Waals surface area contributed by atoms with Gasteiger partial charge in [-0.05, 0) is 19.4 Å². The van der Waals surface area contributed by atoms with Gasteiger partial charge in [-0.1, -0.05) is 5.16 Å². The SMILES string of the molecule is c1cc(C2CCCN2)no1. The van der Waals surface area contributed by atoms with Crippen LogP contribution in [0.4, 0.5) is 0 Å². The van der Waals surface area contributed by atoms with Crippen LogP contribution in [0.1, 0.15) is 24.6 Å². The lowest BCUT2D eigenvalue weighted by Crippen LogP contribution is -2.12. The van der Waals surface area contributed by atoms with Gasteiger partial charge in [0.25, 0.3) is 0 Å². The van der Waals surface area contributed by atoms with Crippen molar-refractivity contribution in [1.82, 2.24) is 10.5 Å². The summed E-state index contributed by atoms with van der Waals surface area (Å²) in [7, 11) is 0. The Morgan fingerprint density at radius 3 is 3.30 bits per heavy atom. The third-order valence-electron chi connectivity index (χ3n) is 1.88. The largest absolute Gasteiger partial charge is 0.364 e. The summed E-state index contributed by atoms with van der Waals surface area (Å²) in [5.41, 5.74) is 1.04. The summed E-state index contributed by atoms with van der Waals surface area (Å²) in [5, 5.41) is 7.20. The van der Waals surface area contributed by atoms with E-state index in [1.165, 1.54) is 12.8 Å². The molecule has 2 rings (SSSR count). The summed E-state index contributed by atoms with van der Waals surface area (Å²) in [4.78, 5) is 0. The molecule has 1 aliphatic heterocycles. The molecule has 1 N–H and O–H groups in total. The highest BCUT2D eigenvalue weighted by molar-refractivity contribution is 5.04. The zero-order valence-corrected chi connectivity index (χ0v) is 5.71. The van der Waals surface area contributed by atoms with Crippen LogP contribution in [0.25, 0.3) is 0 Å². The monoisotopic (exact) mass is 138 g/mol. The number of aromatic nitrogens is 1. The van der Waals surface area contributed by atoms with E-state index >= 15 is 0 Å². The molecule has 54 valence electrons. The second kappa shape index (κ2) is 2.42. The Balaban J connectivity index is 2.12. The van der Waals surface area contributed by atoms with E-state index in [1.807, 2.05) is 6.07 Å². The van der Waals surface area contributed by atoms with Gasteiger partial charge in [0.15, 0.2) is 0 Å². The molecule has 1 aromatic rings. The Hall–Kier alpha value is -0.830. The van der Waals surface area contributed by atoms with E-state index in [1.54, 1.807) is 6.26 Å². The van der Waals surface area contributed by atoms with E-state index in [2.05, 4.69) is 10.5 Å². The molecule has 2 heterocycles. The molecule has 1 aromatic heterocycles. The molecule has 1 atom stereocenters. The maximum absolute atomic E-state index is 4.74. The molecule has 0 radical (unpaired) electrons. The van der Waals surface area contributed by atoms with Crippen LogP contribution in [0.3, 0.4) is 0 Å². The standard InChI is InChI=1S/C7H10N2O/c1-2-6(8-4-1)7-3-5-10-9-7/h3,5-6,8H,1-2,4H2. The van der Waals surface area contributed by atoms with Gasteiger partial charge in [-0.15, -0.1) is 0 Å². The van der Waals surface area contributed by atoms with Crippen LogP contribution >= 0.6 is 0 Å². The maximum atomic E-state index is 4.74. The second-order valence-corrected chi connectivity index (χ2v) is 2.57. The summed E-state index contributed by atoms with van der Waals surface area (Å²) in [5.74, 6) is 0. The smallest absolute Gasteiger partial charge is 0.124 e. The highest BCUT2D eigenvalue weighted by atomic mass is 16.5. The van der Waals surface area contributed by atoms with Crippen LogP contribution in [-0.2, 0) is 0 Å². The van der Waals surface area contributed by atoms with Crippen molar-refractivity contribution in [3.05, 3.63) is 18.0 Å². The third-order valence-corrected chi connectivity index (χ3v) is 1.88. The van der Waals surface area contributed by atoms with Crippen LogP contribution in [0.5, 0.6) is 0 Å². The lowest BCUT2D eigenvalue weighted by molar-refractivity contribution is 0.401. The average Bonchev–Trinajstić information content (AvgIpc) is 2.59. The first-order valence-electron chi connectivity index (χ1n) is 3.60. The normalized spacial score (nSPS) is 25.4. The summed E-state index contributed by atoms with van der Waals surface area (Å²) in [6.07, 6.45) is 4.05. The summed E-state index contributed by atoms with van der Waals surface area (Å²) in [6.45, 7) is 1.11. The molecule has 3 heteroatoms. The predicted octanol–water partition coefficient (Wildman–Crippen LogP) is 1.10. The highest BCUT2D eigenvalue weighted by Gasteiger charge is 2.17.